The third-order valence-corrected chi connectivity index (χ3v) is 4.33. The highest BCUT2D eigenvalue weighted by atomic mass is 32.1. The van der Waals surface area contributed by atoms with E-state index in [-0.39, 0.29) is 6.04 Å². The standard InChI is InChI=1S/C12H21N3S/c1-4-7-15(10-5-6-10)12-14-9(3)11(16-12)8(2)13/h8,10H,4-7,13H2,1-3H3. The van der Waals surface area contributed by atoms with Crippen LogP contribution in [0.5, 0.6) is 0 Å². The Morgan fingerprint density at radius 1 is 1.56 bits per heavy atom. The number of anilines is 1. The van der Waals surface area contributed by atoms with Crippen LogP contribution >= 0.6 is 11.3 Å². The Morgan fingerprint density at radius 2 is 2.25 bits per heavy atom. The highest BCUT2D eigenvalue weighted by Crippen LogP contribution is 2.36. The van der Waals surface area contributed by atoms with E-state index in [9.17, 15) is 0 Å². The second kappa shape index (κ2) is 4.72. The van der Waals surface area contributed by atoms with E-state index >= 15 is 0 Å². The summed E-state index contributed by atoms with van der Waals surface area (Å²) in [7, 11) is 0. The molecule has 16 heavy (non-hydrogen) atoms. The summed E-state index contributed by atoms with van der Waals surface area (Å²) in [5.74, 6) is 0. The van der Waals surface area contributed by atoms with Gasteiger partial charge in [0.05, 0.1) is 5.69 Å². The van der Waals surface area contributed by atoms with Gasteiger partial charge in [0.1, 0.15) is 0 Å². The van der Waals surface area contributed by atoms with E-state index in [1.807, 2.05) is 6.92 Å². The van der Waals surface area contributed by atoms with Crippen molar-refractivity contribution < 1.29 is 0 Å². The number of hydrogen-bond acceptors (Lipinski definition) is 4. The fraction of sp³-hybridized carbons (Fsp3) is 0.750. The van der Waals surface area contributed by atoms with Crippen molar-refractivity contribution in [3.05, 3.63) is 10.6 Å². The van der Waals surface area contributed by atoms with Crippen molar-refractivity contribution in [3.63, 3.8) is 0 Å². The van der Waals surface area contributed by atoms with Gasteiger partial charge in [0, 0.05) is 23.5 Å². The molecule has 1 aliphatic carbocycles. The molecular formula is C12H21N3S. The molecule has 2 rings (SSSR count). The molecule has 3 nitrogen and oxygen atoms in total. The fourth-order valence-corrected chi connectivity index (χ4v) is 3.12. The Hall–Kier alpha value is -0.610. The molecule has 1 aliphatic rings. The van der Waals surface area contributed by atoms with Crippen LogP contribution in [-0.4, -0.2) is 17.6 Å². The van der Waals surface area contributed by atoms with E-state index in [0.717, 1.165) is 18.3 Å². The van der Waals surface area contributed by atoms with Crippen LogP contribution in [0.2, 0.25) is 0 Å². The van der Waals surface area contributed by atoms with E-state index in [2.05, 4.69) is 23.7 Å². The number of nitrogens with zero attached hydrogens (tertiary/aromatic N) is 2. The van der Waals surface area contributed by atoms with Gasteiger partial charge in [-0.25, -0.2) is 4.98 Å². The average Bonchev–Trinajstić information content (AvgIpc) is 2.98. The largest absolute Gasteiger partial charge is 0.345 e. The summed E-state index contributed by atoms with van der Waals surface area (Å²) in [4.78, 5) is 8.37. The average molecular weight is 239 g/mol. The van der Waals surface area contributed by atoms with Gasteiger partial charge in [-0.15, -0.1) is 11.3 Å². The van der Waals surface area contributed by atoms with Crippen LogP contribution in [0.25, 0.3) is 0 Å². The maximum absolute atomic E-state index is 5.95. The van der Waals surface area contributed by atoms with Gasteiger partial charge in [0.25, 0.3) is 0 Å². The molecule has 0 saturated heterocycles. The summed E-state index contributed by atoms with van der Waals surface area (Å²) in [5.41, 5.74) is 7.05. The first-order valence-corrected chi connectivity index (χ1v) is 6.94. The van der Waals surface area contributed by atoms with Gasteiger partial charge < -0.3 is 10.6 Å². The lowest BCUT2D eigenvalue weighted by molar-refractivity contribution is 0.758. The van der Waals surface area contributed by atoms with Crippen molar-refractivity contribution in [2.24, 2.45) is 5.73 Å². The lowest BCUT2D eigenvalue weighted by Gasteiger charge is -2.20. The second-order valence-corrected chi connectivity index (χ2v) is 5.67. The van der Waals surface area contributed by atoms with Gasteiger partial charge in [0.2, 0.25) is 0 Å². The summed E-state index contributed by atoms with van der Waals surface area (Å²) >= 11 is 1.77. The third kappa shape index (κ3) is 2.38. The second-order valence-electron chi connectivity index (χ2n) is 4.66. The van der Waals surface area contributed by atoms with Crippen LogP contribution in [0, 0.1) is 6.92 Å². The predicted molar refractivity (Wildman–Crippen MR) is 70.1 cm³/mol. The third-order valence-electron chi connectivity index (χ3n) is 2.93. The minimum Gasteiger partial charge on any atom is -0.345 e. The molecule has 1 aromatic heterocycles. The molecule has 1 fully saturated rings. The summed E-state index contributed by atoms with van der Waals surface area (Å²) in [6.45, 7) is 7.44. The zero-order valence-corrected chi connectivity index (χ0v) is 11.2. The quantitative estimate of drug-likeness (QED) is 0.859. The summed E-state index contributed by atoms with van der Waals surface area (Å²) in [5, 5.41) is 1.18. The molecule has 1 saturated carbocycles. The molecule has 4 heteroatoms. The van der Waals surface area contributed by atoms with Crippen molar-refractivity contribution in [1.29, 1.82) is 0 Å². The van der Waals surface area contributed by atoms with Crippen LogP contribution in [0.15, 0.2) is 0 Å². The molecular weight excluding hydrogens is 218 g/mol. The maximum atomic E-state index is 5.95. The topological polar surface area (TPSA) is 42.2 Å². The minimum absolute atomic E-state index is 0.105. The van der Waals surface area contributed by atoms with E-state index in [4.69, 9.17) is 5.73 Å². The molecule has 0 spiro atoms. The van der Waals surface area contributed by atoms with Crippen molar-refractivity contribution in [2.45, 2.75) is 52.1 Å². The molecule has 1 unspecified atom stereocenters. The van der Waals surface area contributed by atoms with Crippen molar-refractivity contribution in [2.75, 3.05) is 11.4 Å². The Morgan fingerprint density at radius 3 is 2.69 bits per heavy atom. The normalized spacial score (nSPS) is 17.5. The van der Waals surface area contributed by atoms with Crippen molar-refractivity contribution in [1.82, 2.24) is 4.98 Å². The van der Waals surface area contributed by atoms with Crippen LogP contribution in [-0.2, 0) is 0 Å². The smallest absolute Gasteiger partial charge is 0.186 e. The lowest BCUT2D eigenvalue weighted by atomic mass is 10.2. The maximum Gasteiger partial charge on any atom is 0.186 e. The van der Waals surface area contributed by atoms with E-state index < -0.39 is 0 Å². The molecule has 0 radical (unpaired) electrons. The first-order valence-electron chi connectivity index (χ1n) is 6.13. The van der Waals surface area contributed by atoms with E-state index in [1.165, 1.54) is 29.3 Å². The Bertz CT molecular complexity index is 355. The van der Waals surface area contributed by atoms with Gasteiger partial charge in [-0.05, 0) is 33.1 Å². The number of aromatic nitrogens is 1. The summed E-state index contributed by atoms with van der Waals surface area (Å²) < 4.78 is 0. The molecule has 1 heterocycles. The first-order chi connectivity index (χ1) is 7.63. The highest BCUT2D eigenvalue weighted by molar-refractivity contribution is 7.15. The monoisotopic (exact) mass is 239 g/mol. The zero-order chi connectivity index (χ0) is 11.7. The van der Waals surface area contributed by atoms with Crippen LogP contribution < -0.4 is 10.6 Å². The highest BCUT2D eigenvalue weighted by Gasteiger charge is 2.30. The van der Waals surface area contributed by atoms with E-state index in [0.29, 0.717) is 0 Å². The molecule has 0 aromatic carbocycles. The predicted octanol–water partition coefficient (Wildman–Crippen LogP) is 2.85. The van der Waals surface area contributed by atoms with Crippen molar-refractivity contribution in [3.8, 4) is 0 Å². The molecule has 0 aliphatic heterocycles. The van der Waals surface area contributed by atoms with Gasteiger partial charge in [-0.2, -0.15) is 0 Å². The van der Waals surface area contributed by atoms with Gasteiger partial charge >= 0.3 is 0 Å². The van der Waals surface area contributed by atoms with Gasteiger partial charge in [-0.3, -0.25) is 0 Å². The molecule has 0 bridgehead atoms. The SMILES string of the molecule is CCCN(c1nc(C)c(C(C)N)s1)C1CC1. The summed E-state index contributed by atoms with van der Waals surface area (Å²) in [6, 6.07) is 0.848. The summed E-state index contributed by atoms with van der Waals surface area (Å²) in [6.07, 6.45) is 3.83. The van der Waals surface area contributed by atoms with Gasteiger partial charge in [0.15, 0.2) is 5.13 Å². The number of thiazole rings is 1. The Balaban J connectivity index is 2.20. The zero-order valence-electron chi connectivity index (χ0n) is 10.4. The molecule has 1 aromatic rings. The Labute approximate surface area is 102 Å². The van der Waals surface area contributed by atoms with Crippen molar-refractivity contribution >= 4 is 16.5 Å². The lowest BCUT2D eigenvalue weighted by Crippen LogP contribution is -2.26. The fourth-order valence-electron chi connectivity index (χ4n) is 2.00. The first kappa shape index (κ1) is 11.9. The van der Waals surface area contributed by atoms with Gasteiger partial charge in [-0.1, -0.05) is 6.92 Å². The van der Waals surface area contributed by atoms with Crippen LogP contribution in [0.1, 0.15) is 49.7 Å². The number of rotatable bonds is 5. The number of hydrogen-bond donors (Lipinski definition) is 1. The minimum atomic E-state index is 0.105. The number of aryl methyl sites for hydroxylation is 1. The van der Waals surface area contributed by atoms with Crippen LogP contribution in [0.3, 0.4) is 0 Å². The van der Waals surface area contributed by atoms with E-state index in [1.54, 1.807) is 11.3 Å². The molecule has 90 valence electrons. The number of nitrogens with two attached hydrogens (primary N) is 1. The molecule has 0 amide bonds. The molecule has 1 atom stereocenters. The van der Waals surface area contributed by atoms with Crippen LogP contribution in [0.4, 0.5) is 5.13 Å². The molecule has 2 N–H and O–H groups in total. The Kier molecular flexibility index (Phi) is 3.50.